The van der Waals surface area contributed by atoms with Crippen LogP contribution in [0.15, 0.2) is 90.6 Å². The van der Waals surface area contributed by atoms with Gasteiger partial charge in [0.25, 0.3) is 0 Å². The summed E-state index contributed by atoms with van der Waals surface area (Å²) >= 11 is 2.69. The van der Waals surface area contributed by atoms with Gasteiger partial charge in [0, 0.05) is 4.53 Å². The van der Waals surface area contributed by atoms with Gasteiger partial charge in [-0.15, -0.1) is 21.5 Å². The normalized spacial score (nSPS) is 16.2. The van der Waals surface area contributed by atoms with Crippen LogP contribution >= 0.6 is 23.1 Å². The number of fused-ring (bicyclic) bond motifs is 1. The monoisotopic (exact) mass is 506 g/mol. The number of allylic oxidation sites excluding steroid dienone is 4. The summed E-state index contributed by atoms with van der Waals surface area (Å²) in [5.74, 6) is -0.423. The standard InChI is InChI=1S/C23H18N6O4S2/c30-12-28-18(21(32)29(13-31)23(28)33)10-17-11-19-20(34-17)25-22(35-19)27-26-16-8-6-15(7-9-16)24-14-4-2-1-3-5-14/h1-11,30-32H,12-13H2. The van der Waals surface area contributed by atoms with Crippen LogP contribution in [0.25, 0.3) is 6.08 Å². The number of imidazole rings is 1. The molecule has 2 aliphatic rings. The predicted octanol–water partition coefficient (Wildman–Crippen LogP) is 1.48. The molecule has 0 spiro atoms. The Kier molecular flexibility index (Phi) is 6.42. The molecule has 12 heteroatoms. The van der Waals surface area contributed by atoms with E-state index in [4.69, 9.17) is 0 Å². The molecule has 0 bridgehead atoms. The molecular formula is C23H18N6O4S2. The van der Waals surface area contributed by atoms with Gasteiger partial charge >= 0.3 is 5.69 Å². The fraction of sp³-hybridized carbons (Fsp3) is 0.0870. The molecule has 0 atom stereocenters. The summed E-state index contributed by atoms with van der Waals surface area (Å²) in [5.41, 5.74) is 1.76. The topological polar surface area (TPSA) is 137 Å². The molecule has 1 aromatic carbocycles. The molecule has 5 rings (SSSR count). The van der Waals surface area contributed by atoms with E-state index >= 15 is 0 Å². The molecule has 1 aliphatic heterocycles. The second-order valence-electron chi connectivity index (χ2n) is 7.25. The van der Waals surface area contributed by atoms with Gasteiger partial charge in [0.2, 0.25) is 11.0 Å². The molecule has 2 aromatic heterocycles. The predicted molar refractivity (Wildman–Crippen MR) is 136 cm³/mol. The lowest BCUT2D eigenvalue weighted by atomic mass is 10.1. The molecule has 0 saturated carbocycles. The van der Waals surface area contributed by atoms with Crippen molar-refractivity contribution in [2.45, 2.75) is 18.4 Å². The van der Waals surface area contributed by atoms with Crippen molar-refractivity contribution in [3.05, 3.63) is 86.1 Å². The Hall–Kier alpha value is -3.84. The van der Waals surface area contributed by atoms with Crippen molar-refractivity contribution in [3.63, 3.8) is 0 Å². The number of benzene rings is 1. The highest BCUT2D eigenvalue weighted by molar-refractivity contribution is 8.14. The van der Waals surface area contributed by atoms with E-state index in [2.05, 4.69) is 20.2 Å². The second kappa shape index (κ2) is 9.80. The van der Waals surface area contributed by atoms with E-state index in [1.165, 1.54) is 23.1 Å². The Morgan fingerprint density at radius 1 is 0.971 bits per heavy atom. The lowest BCUT2D eigenvalue weighted by molar-refractivity contribution is 0.182. The van der Waals surface area contributed by atoms with Crippen LogP contribution in [-0.4, -0.2) is 41.0 Å². The van der Waals surface area contributed by atoms with Gasteiger partial charge in [-0.1, -0.05) is 18.2 Å². The van der Waals surface area contributed by atoms with Crippen molar-refractivity contribution >= 4 is 51.5 Å². The highest BCUT2D eigenvalue weighted by atomic mass is 32.2. The molecule has 176 valence electrons. The fourth-order valence-corrected chi connectivity index (χ4v) is 5.32. The summed E-state index contributed by atoms with van der Waals surface area (Å²) < 4.78 is 3.17. The van der Waals surface area contributed by atoms with E-state index in [0.29, 0.717) is 15.4 Å². The van der Waals surface area contributed by atoms with Gasteiger partial charge in [0.15, 0.2) is 0 Å². The quantitative estimate of drug-likeness (QED) is 0.356. The van der Waals surface area contributed by atoms with Crippen LogP contribution in [0.1, 0.15) is 5.69 Å². The Morgan fingerprint density at radius 2 is 1.69 bits per heavy atom. The fourth-order valence-electron chi connectivity index (χ4n) is 3.34. The Balaban J connectivity index is 1.35. The third kappa shape index (κ3) is 4.72. The minimum absolute atomic E-state index is 0.0998. The summed E-state index contributed by atoms with van der Waals surface area (Å²) in [5, 5.41) is 38.0. The number of rotatable bonds is 5. The van der Waals surface area contributed by atoms with E-state index in [-0.39, 0.29) is 5.69 Å². The maximum absolute atomic E-state index is 12.1. The largest absolute Gasteiger partial charge is 0.493 e. The maximum atomic E-state index is 12.1. The molecular weight excluding hydrogens is 488 g/mol. The summed E-state index contributed by atoms with van der Waals surface area (Å²) in [6.45, 7) is -1.33. The van der Waals surface area contributed by atoms with Crippen molar-refractivity contribution in [1.29, 1.82) is 0 Å². The first-order chi connectivity index (χ1) is 17.1. The van der Waals surface area contributed by atoms with E-state index in [1.807, 2.05) is 60.7 Å². The van der Waals surface area contributed by atoms with E-state index in [0.717, 1.165) is 30.1 Å². The first-order valence-corrected chi connectivity index (χ1v) is 12.0. The Morgan fingerprint density at radius 3 is 2.37 bits per heavy atom. The van der Waals surface area contributed by atoms with Crippen molar-refractivity contribution < 1.29 is 15.3 Å². The van der Waals surface area contributed by atoms with Gasteiger partial charge in [-0.2, -0.15) is 0 Å². The summed E-state index contributed by atoms with van der Waals surface area (Å²) in [7, 11) is 0. The third-order valence-corrected chi connectivity index (χ3v) is 7.00. The van der Waals surface area contributed by atoms with Gasteiger partial charge in [-0.25, -0.2) is 19.3 Å². The highest BCUT2D eigenvalue weighted by Gasteiger charge is 2.18. The minimum Gasteiger partial charge on any atom is -0.493 e. The number of hydrogen-bond donors (Lipinski definition) is 3. The molecule has 0 amide bonds. The van der Waals surface area contributed by atoms with Crippen LogP contribution < -0.4 is 14.9 Å². The summed E-state index contributed by atoms with van der Waals surface area (Å²) in [4.78, 5) is 22.0. The lowest BCUT2D eigenvalue weighted by Gasteiger charge is -2.01. The zero-order valence-corrected chi connectivity index (χ0v) is 19.6. The number of hydrogen-bond acceptors (Lipinski definition) is 9. The minimum atomic E-state index is -0.709. The molecule has 0 fully saturated rings. The Bertz CT molecular complexity index is 1610. The zero-order chi connectivity index (χ0) is 24.4. The molecule has 3 aromatic rings. The number of thiophene rings is 1. The number of aromatic hydroxyl groups is 1. The number of nitrogens with zero attached hydrogens (tertiary/aromatic N) is 6. The van der Waals surface area contributed by atoms with Crippen LogP contribution in [-0.2, 0) is 13.5 Å². The van der Waals surface area contributed by atoms with Crippen LogP contribution in [0.3, 0.4) is 0 Å². The molecule has 0 saturated heterocycles. The average Bonchev–Trinajstić information content (AvgIpc) is 3.49. The third-order valence-electron chi connectivity index (χ3n) is 5.01. The molecule has 10 nitrogen and oxygen atoms in total. The first-order valence-electron chi connectivity index (χ1n) is 10.3. The van der Waals surface area contributed by atoms with Gasteiger partial charge in [0.1, 0.15) is 23.8 Å². The Labute approximate surface area is 206 Å². The van der Waals surface area contributed by atoms with E-state index in [1.54, 1.807) is 6.08 Å². The molecule has 3 heterocycles. The van der Waals surface area contributed by atoms with Crippen LogP contribution in [0.5, 0.6) is 5.88 Å². The summed E-state index contributed by atoms with van der Waals surface area (Å²) in [6, 6.07) is 11.5. The van der Waals surface area contributed by atoms with Gasteiger partial charge in [-0.05, 0) is 60.3 Å². The molecule has 0 radical (unpaired) electrons. The number of aliphatic hydroxyl groups excluding tert-OH is 2. The van der Waals surface area contributed by atoms with Crippen molar-refractivity contribution in [2.24, 2.45) is 20.2 Å². The number of thioether (sulfide) groups is 1. The van der Waals surface area contributed by atoms with Gasteiger partial charge in [-0.3, -0.25) is 4.57 Å². The van der Waals surface area contributed by atoms with Crippen LogP contribution in [0.2, 0.25) is 0 Å². The number of aromatic nitrogens is 2. The summed E-state index contributed by atoms with van der Waals surface area (Å²) in [6.07, 6.45) is 8.96. The smallest absolute Gasteiger partial charge is 0.335 e. The first kappa shape index (κ1) is 22.9. The highest BCUT2D eigenvalue weighted by Crippen LogP contribution is 2.23. The number of aliphatic imine (C=N–C) groups is 1. The maximum Gasteiger partial charge on any atom is 0.335 e. The number of amidine groups is 1. The molecule has 1 aliphatic carbocycles. The second-order valence-corrected chi connectivity index (χ2v) is 9.32. The van der Waals surface area contributed by atoms with Crippen molar-refractivity contribution in [3.8, 4) is 5.88 Å². The van der Waals surface area contributed by atoms with E-state index in [9.17, 15) is 20.1 Å². The lowest BCUT2D eigenvalue weighted by Crippen LogP contribution is -2.24. The van der Waals surface area contributed by atoms with Crippen LogP contribution in [0.4, 0.5) is 5.69 Å². The molecule has 0 unspecified atom stereocenters. The number of para-hydroxylation sites is 1. The van der Waals surface area contributed by atoms with E-state index < -0.39 is 25.0 Å². The van der Waals surface area contributed by atoms with Crippen molar-refractivity contribution in [2.75, 3.05) is 0 Å². The zero-order valence-electron chi connectivity index (χ0n) is 18.0. The van der Waals surface area contributed by atoms with Crippen LogP contribution in [0, 0.1) is 0 Å². The van der Waals surface area contributed by atoms with Crippen molar-refractivity contribution in [1.82, 2.24) is 9.13 Å². The molecule has 35 heavy (non-hydrogen) atoms. The number of aliphatic hydroxyl groups is 2. The van der Waals surface area contributed by atoms with Gasteiger partial charge < -0.3 is 15.3 Å². The average molecular weight is 507 g/mol. The van der Waals surface area contributed by atoms with Gasteiger partial charge in [0.05, 0.1) is 22.0 Å². The molecule has 3 N–H and O–H groups in total. The SMILES string of the molecule is O=c1n(CO)c(O)c(C=c2cc3c(s2)=NC(=NN=C2C=CC(=Nc4ccccc4)C=C2)S3)n1CO.